The number of carbonyl (C=O) groups excluding carboxylic acids is 2. The summed E-state index contributed by atoms with van der Waals surface area (Å²) >= 11 is 0. The first-order chi connectivity index (χ1) is 13.5. The molecule has 2 heterocycles. The van der Waals surface area contributed by atoms with Gasteiger partial charge in [-0.05, 0) is 75.2 Å². The Kier molecular flexibility index (Phi) is 4.29. The number of nitrogens with one attached hydrogen (secondary N) is 2. The first kappa shape index (κ1) is 17.9. The summed E-state index contributed by atoms with van der Waals surface area (Å²) in [6.07, 6.45) is 8.89. The van der Waals surface area contributed by atoms with Crippen molar-refractivity contribution in [2.24, 2.45) is 23.2 Å². The number of hydrogen-bond acceptors (Lipinski definition) is 4. The Morgan fingerprint density at radius 1 is 1.04 bits per heavy atom. The van der Waals surface area contributed by atoms with Crippen molar-refractivity contribution in [3.63, 3.8) is 0 Å². The third-order valence-electron chi connectivity index (χ3n) is 7.52. The van der Waals surface area contributed by atoms with Gasteiger partial charge in [0.1, 0.15) is 5.69 Å². The van der Waals surface area contributed by atoms with Gasteiger partial charge >= 0.3 is 0 Å². The van der Waals surface area contributed by atoms with Crippen LogP contribution in [-0.4, -0.2) is 46.0 Å². The van der Waals surface area contributed by atoms with E-state index in [1.165, 1.54) is 31.4 Å². The summed E-state index contributed by atoms with van der Waals surface area (Å²) in [6.45, 7) is 1.43. The summed E-state index contributed by atoms with van der Waals surface area (Å²) in [6, 6.07) is 2.77. The fraction of sp³-hybridized carbons (Fsp3) is 0.714. The van der Waals surface area contributed by atoms with E-state index in [0.29, 0.717) is 19.0 Å². The molecule has 150 valence electrons. The van der Waals surface area contributed by atoms with E-state index in [2.05, 4.69) is 20.4 Å². The van der Waals surface area contributed by atoms with Crippen LogP contribution in [-0.2, 0) is 4.79 Å². The van der Waals surface area contributed by atoms with Crippen LogP contribution >= 0.6 is 0 Å². The number of piperidine rings is 1. The van der Waals surface area contributed by atoms with Gasteiger partial charge < -0.3 is 10.2 Å². The maximum absolute atomic E-state index is 13.4. The van der Waals surface area contributed by atoms with Gasteiger partial charge in [0, 0.05) is 25.2 Å². The molecule has 4 aliphatic carbocycles. The molecular weight excluding hydrogens is 356 g/mol. The highest BCUT2D eigenvalue weighted by atomic mass is 16.2. The maximum atomic E-state index is 13.4. The highest BCUT2D eigenvalue weighted by Crippen LogP contribution is 2.60. The third-order valence-corrected chi connectivity index (χ3v) is 7.52. The van der Waals surface area contributed by atoms with E-state index in [4.69, 9.17) is 0 Å². The number of rotatable bonds is 3. The molecule has 4 bridgehead atoms. The van der Waals surface area contributed by atoms with Crippen molar-refractivity contribution in [2.75, 3.05) is 13.1 Å². The van der Waals surface area contributed by atoms with Crippen molar-refractivity contribution in [2.45, 2.75) is 57.4 Å². The van der Waals surface area contributed by atoms with Gasteiger partial charge in [-0.25, -0.2) is 5.10 Å². The summed E-state index contributed by atoms with van der Waals surface area (Å²) in [5, 5.41) is 9.05. The van der Waals surface area contributed by atoms with Gasteiger partial charge in [-0.3, -0.25) is 14.4 Å². The first-order valence-corrected chi connectivity index (χ1v) is 10.7. The Morgan fingerprint density at radius 2 is 1.64 bits per heavy atom. The number of hydrogen-bond donors (Lipinski definition) is 2. The van der Waals surface area contributed by atoms with Crippen molar-refractivity contribution < 1.29 is 9.59 Å². The van der Waals surface area contributed by atoms with Crippen molar-refractivity contribution in [1.29, 1.82) is 0 Å². The molecule has 5 aliphatic rings. The van der Waals surface area contributed by atoms with Gasteiger partial charge in [0.2, 0.25) is 5.91 Å². The molecule has 28 heavy (non-hydrogen) atoms. The van der Waals surface area contributed by atoms with Crippen molar-refractivity contribution >= 4 is 11.8 Å². The second-order valence-electron chi connectivity index (χ2n) is 9.54. The van der Waals surface area contributed by atoms with Gasteiger partial charge in [-0.15, -0.1) is 0 Å². The van der Waals surface area contributed by atoms with Crippen LogP contribution in [0.5, 0.6) is 0 Å². The Bertz CT molecular complexity index is 785. The minimum Gasteiger partial charge on any atom is -0.348 e. The van der Waals surface area contributed by atoms with Crippen LogP contribution in [0.2, 0.25) is 0 Å². The van der Waals surface area contributed by atoms with E-state index in [0.717, 1.165) is 49.9 Å². The van der Waals surface area contributed by atoms with Gasteiger partial charge in [0.25, 0.3) is 11.5 Å². The Labute approximate surface area is 164 Å². The average molecular weight is 384 g/mol. The molecule has 1 aromatic rings. The highest BCUT2D eigenvalue weighted by molar-refractivity contribution is 5.92. The number of carbonyl (C=O) groups is 2. The summed E-state index contributed by atoms with van der Waals surface area (Å²) in [5.74, 6) is 2.44. The molecule has 6 rings (SSSR count). The lowest BCUT2D eigenvalue weighted by Crippen LogP contribution is -2.56. The van der Waals surface area contributed by atoms with Gasteiger partial charge in [0.05, 0.1) is 5.41 Å². The summed E-state index contributed by atoms with van der Waals surface area (Å²) < 4.78 is 0. The van der Waals surface area contributed by atoms with Crippen LogP contribution in [0.15, 0.2) is 16.9 Å². The van der Waals surface area contributed by atoms with Gasteiger partial charge in [0.15, 0.2) is 0 Å². The number of nitrogens with zero attached hydrogens (tertiary/aromatic N) is 2. The lowest BCUT2D eigenvalue weighted by Gasteiger charge is -2.57. The largest absolute Gasteiger partial charge is 0.348 e. The Balaban J connectivity index is 1.18. The molecule has 1 aromatic heterocycles. The van der Waals surface area contributed by atoms with Crippen LogP contribution in [0.25, 0.3) is 0 Å². The molecule has 0 unspecified atom stereocenters. The zero-order valence-electron chi connectivity index (χ0n) is 16.2. The second-order valence-corrected chi connectivity index (χ2v) is 9.54. The number of likely N-dealkylation sites (tertiary alicyclic amines) is 1. The molecule has 1 saturated heterocycles. The summed E-state index contributed by atoms with van der Waals surface area (Å²) in [7, 11) is 0. The second kappa shape index (κ2) is 6.71. The minimum atomic E-state index is -0.326. The van der Waals surface area contributed by atoms with Crippen LogP contribution < -0.4 is 10.9 Å². The molecule has 5 fully saturated rings. The number of aromatic amines is 1. The van der Waals surface area contributed by atoms with Gasteiger partial charge in [-0.2, -0.15) is 5.10 Å². The van der Waals surface area contributed by atoms with Crippen LogP contribution in [0.1, 0.15) is 61.9 Å². The monoisotopic (exact) mass is 384 g/mol. The van der Waals surface area contributed by atoms with Crippen molar-refractivity contribution in [3.05, 3.63) is 28.2 Å². The fourth-order valence-corrected chi connectivity index (χ4v) is 6.67. The van der Waals surface area contributed by atoms with E-state index in [9.17, 15) is 14.4 Å². The fourth-order valence-electron chi connectivity index (χ4n) is 6.67. The Hall–Kier alpha value is -2.18. The molecule has 0 atom stereocenters. The number of amides is 2. The topological polar surface area (TPSA) is 95.2 Å². The molecular formula is C21H28N4O3. The molecule has 0 aromatic carbocycles. The average Bonchev–Trinajstić information content (AvgIpc) is 2.67. The lowest BCUT2D eigenvalue weighted by atomic mass is 9.49. The summed E-state index contributed by atoms with van der Waals surface area (Å²) in [4.78, 5) is 38.9. The first-order valence-electron chi connectivity index (χ1n) is 10.7. The Morgan fingerprint density at radius 3 is 2.18 bits per heavy atom. The third kappa shape index (κ3) is 3.14. The normalized spacial score (nSPS) is 34.4. The molecule has 2 N–H and O–H groups in total. The predicted octanol–water partition coefficient (Wildman–Crippen LogP) is 1.71. The SMILES string of the molecule is O=C(NC1CCN(C(=O)C23CC4CC(CC(C4)C2)C3)CC1)c1ccc(=O)[nH]n1. The van der Waals surface area contributed by atoms with Crippen molar-refractivity contribution in [3.8, 4) is 0 Å². The molecule has 0 spiro atoms. The summed E-state index contributed by atoms with van der Waals surface area (Å²) in [5.41, 5.74) is -0.190. The zero-order chi connectivity index (χ0) is 19.3. The minimum absolute atomic E-state index is 0.0432. The van der Waals surface area contributed by atoms with Crippen molar-refractivity contribution in [1.82, 2.24) is 20.4 Å². The molecule has 2 amide bonds. The predicted molar refractivity (Wildman–Crippen MR) is 103 cm³/mol. The highest BCUT2D eigenvalue weighted by Gasteiger charge is 2.55. The molecule has 7 heteroatoms. The molecule has 4 saturated carbocycles. The maximum Gasteiger partial charge on any atom is 0.271 e. The van der Waals surface area contributed by atoms with E-state index < -0.39 is 0 Å². The zero-order valence-corrected chi connectivity index (χ0v) is 16.2. The molecule has 7 nitrogen and oxygen atoms in total. The smallest absolute Gasteiger partial charge is 0.271 e. The van der Waals surface area contributed by atoms with E-state index >= 15 is 0 Å². The van der Waals surface area contributed by atoms with Crippen LogP contribution in [0.3, 0.4) is 0 Å². The van der Waals surface area contributed by atoms with E-state index in [1.807, 2.05) is 0 Å². The standard InChI is InChI=1S/C21H28N4O3/c26-18-2-1-17(23-24-18)19(27)22-16-3-5-25(6-4-16)20(28)21-10-13-7-14(11-21)9-15(8-13)12-21/h1-2,13-16H,3-12H2,(H,22,27)(H,24,26). The van der Waals surface area contributed by atoms with E-state index in [1.54, 1.807) is 0 Å². The van der Waals surface area contributed by atoms with Crippen LogP contribution in [0, 0.1) is 23.2 Å². The number of aromatic nitrogens is 2. The van der Waals surface area contributed by atoms with E-state index in [-0.39, 0.29) is 28.6 Å². The van der Waals surface area contributed by atoms with Crippen LogP contribution in [0.4, 0.5) is 0 Å². The van der Waals surface area contributed by atoms with Gasteiger partial charge in [-0.1, -0.05) is 0 Å². The number of H-pyrrole nitrogens is 1. The molecule has 0 radical (unpaired) electrons. The molecule has 1 aliphatic heterocycles. The quantitative estimate of drug-likeness (QED) is 0.829. The lowest BCUT2D eigenvalue weighted by molar-refractivity contribution is -0.158.